The molecule has 23 heavy (non-hydrogen) atoms. The lowest BCUT2D eigenvalue weighted by Gasteiger charge is -2.35. The second-order valence-corrected chi connectivity index (χ2v) is 6.19. The van der Waals surface area contributed by atoms with E-state index >= 15 is 0 Å². The van der Waals surface area contributed by atoms with Gasteiger partial charge in [-0.25, -0.2) is 0 Å². The van der Waals surface area contributed by atoms with Crippen LogP contribution in [0.4, 0.5) is 5.69 Å². The molecule has 2 fully saturated rings. The summed E-state index contributed by atoms with van der Waals surface area (Å²) in [5.74, 6) is 1.74. The van der Waals surface area contributed by atoms with Gasteiger partial charge in [0.25, 0.3) is 0 Å². The van der Waals surface area contributed by atoms with E-state index in [-0.39, 0.29) is 5.92 Å². The molecule has 1 aromatic heterocycles. The largest absolute Gasteiger partial charge is 0.423 e. The van der Waals surface area contributed by atoms with E-state index in [0.29, 0.717) is 6.61 Å². The first-order valence-electron chi connectivity index (χ1n) is 8.31. The van der Waals surface area contributed by atoms with Crippen LogP contribution in [0.25, 0.3) is 0 Å². The lowest BCUT2D eigenvalue weighted by atomic mass is 10.1. The van der Waals surface area contributed by atoms with Crippen LogP contribution in [0.3, 0.4) is 0 Å². The van der Waals surface area contributed by atoms with Gasteiger partial charge in [0.05, 0.1) is 19.1 Å². The van der Waals surface area contributed by atoms with Crippen molar-refractivity contribution in [2.24, 2.45) is 0 Å². The quantitative estimate of drug-likeness (QED) is 0.859. The third-order valence-corrected chi connectivity index (χ3v) is 4.61. The molecule has 2 saturated heterocycles. The minimum Gasteiger partial charge on any atom is -0.423 e. The third-order valence-electron chi connectivity index (χ3n) is 4.61. The highest BCUT2D eigenvalue weighted by atomic mass is 16.5. The monoisotopic (exact) mass is 314 g/mol. The number of para-hydroxylation sites is 1. The SMILES string of the molecule is c1ccc(N2CCN(Cc3nnc(C4CCOC4)o3)CC2)cc1. The zero-order chi connectivity index (χ0) is 15.5. The van der Waals surface area contributed by atoms with Crippen LogP contribution >= 0.6 is 0 Å². The smallest absolute Gasteiger partial charge is 0.230 e. The molecule has 4 rings (SSSR count). The maximum Gasteiger partial charge on any atom is 0.230 e. The van der Waals surface area contributed by atoms with E-state index in [1.165, 1.54) is 5.69 Å². The molecule has 2 aromatic rings. The number of hydrogen-bond acceptors (Lipinski definition) is 6. The maximum absolute atomic E-state index is 5.82. The number of piperazine rings is 1. The summed E-state index contributed by atoms with van der Waals surface area (Å²) < 4.78 is 11.2. The van der Waals surface area contributed by atoms with Gasteiger partial charge in [-0.2, -0.15) is 0 Å². The number of aromatic nitrogens is 2. The van der Waals surface area contributed by atoms with E-state index in [0.717, 1.165) is 57.5 Å². The van der Waals surface area contributed by atoms with Crippen LogP contribution < -0.4 is 4.90 Å². The Morgan fingerprint density at radius 2 is 1.87 bits per heavy atom. The Kier molecular flexibility index (Phi) is 4.26. The molecule has 1 aromatic carbocycles. The van der Waals surface area contributed by atoms with Crippen molar-refractivity contribution in [2.45, 2.75) is 18.9 Å². The Hall–Kier alpha value is -1.92. The lowest BCUT2D eigenvalue weighted by Crippen LogP contribution is -2.46. The van der Waals surface area contributed by atoms with Crippen molar-refractivity contribution in [1.29, 1.82) is 0 Å². The first-order valence-corrected chi connectivity index (χ1v) is 8.31. The van der Waals surface area contributed by atoms with Gasteiger partial charge in [0, 0.05) is 38.5 Å². The minimum atomic E-state index is 0.283. The Labute approximate surface area is 136 Å². The van der Waals surface area contributed by atoms with Crippen LogP contribution in [0.2, 0.25) is 0 Å². The van der Waals surface area contributed by atoms with Crippen LogP contribution in [-0.2, 0) is 11.3 Å². The number of benzene rings is 1. The van der Waals surface area contributed by atoms with Gasteiger partial charge >= 0.3 is 0 Å². The van der Waals surface area contributed by atoms with Crippen LogP contribution in [0, 0.1) is 0 Å². The Morgan fingerprint density at radius 1 is 1.04 bits per heavy atom. The Balaban J connectivity index is 1.31. The van der Waals surface area contributed by atoms with Gasteiger partial charge in [-0.15, -0.1) is 10.2 Å². The second kappa shape index (κ2) is 6.68. The summed E-state index contributed by atoms with van der Waals surface area (Å²) in [6, 6.07) is 10.6. The molecular weight excluding hydrogens is 292 g/mol. The normalized spacial score (nSPS) is 22.6. The molecule has 0 aliphatic carbocycles. The van der Waals surface area contributed by atoms with Crippen molar-refractivity contribution in [3.8, 4) is 0 Å². The molecule has 0 spiro atoms. The molecule has 6 nitrogen and oxygen atoms in total. The van der Waals surface area contributed by atoms with E-state index in [1.54, 1.807) is 0 Å². The highest BCUT2D eigenvalue weighted by molar-refractivity contribution is 5.46. The molecule has 0 bridgehead atoms. The van der Waals surface area contributed by atoms with Gasteiger partial charge in [0.1, 0.15) is 0 Å². The fourth-order valence-corrected chi connectivity index (χ4v) is 3.22. The topological polar surface area (TPSA) is 54.6 Å². The van der Waals surface area contributed by atoms with Crippen molar-refractivity contribution >= 4 is 5.69 Å². The summed E-state index contributed by atoms with van der Waals surface area (Å²) in [7, 11) is 0. The van der Waals surface area contributed by atoms with E-state index < -0.39 is 0 Å². The van der Waals surface area contributed by atoms with Gasteiger partial charge in [0.15, 0.2) is 0 Å². The molecule has 1 atom stereocenters. The first kappa shape index (κ1) is 14.7. The molecule has 0 N–H and O–H groups in total. The van der Waals surface area contributed by atoms with Crippen LogP contribution in [-0.4, -0.2) is 54.5 Å². The summed E-state index contributed by atoms with van der Waals surface area (Å²) in [5.41, 5.74) is 1.30. The van der Waals surface area contributed by atoms with Gasteiger partial charge in [-0.1, -0.05) is 18.2 Å². The fourth-order valence-electron chi connectivity index (χ4n) is 3.22. The van der Waals surface area contributed by atoms with E-state index in [1.807, 2.05) is 0 Å². The number of rotatable bonds is 4. The predicted octanol–water partition coefficient (Wildman–Crippen LogP) is 1.90. The van der Waals surface area contributed by atoms with Crippen molar-refractivity contribution < 1.29 is 9.15 Å². The summed E-state index contributed by atoms with van der Waals surface area (Å²) >= 11 is 0. The maximum atomic E-state index is 5.82. The van der Waals surface area contributed by atoms with E-state index in [4.69, 9.17) is 9.15 Å². The lowest BCUT2D eigenvalue weighted by molar-refractivity contribution is 0.189. The third kappa shape index (κ3) is 3.38. The Morgan fingerprint density at radius 3 is 2.61 bits per heavy atom. The molecule has 0 saturated carbocycles. The van der Waals surface area contributed by atoms with Crippen molar-refractivity contribution in [3.05, 3.63) is 42.1 Å². The molecular formula is C17H22N4O2. The molecule has 0 radical (unpaired) electrons. The van der Waals surface area contributed by atoms with E-state index in [2.05, 4.69) is 50.3 Å². The minimum absolute atomic E-state index is 0.283. The molecule has 3 heterocycles. The zero-order valence-corrected chi connectivity index (χ0v) is 13.2. The van der Waals surface area contributed by atoms with Crippen molar-refractivity contribution in [3.63, 3.8) is 0 Å². The average Bonchev–Trinajstić information content (AvgIpc) is 3.28. The second-order valence-electron chi connectivity index (χ2n) is 6.19. The molecule has 2 aliphatic rings. The number of hydrogen-bond donors (Lipinski definition) is 0. The van der Waals surface area contributed by atoms with Gasteiger partial charge in [-0.05, 0) is 18.6 Å². The van der Waals surface area contributed by atoms with Gasteiger partial charge in [0.2, 0.25) is 11.8 Å². The van der Waals surface area contributed by atoms with Crippen molar-refractivity contribution in [1.82, 2.24) is 15.1 Å². The molecule has 2 aliphatic heterocycles. The van der Waals surface area contributed by atoms with Crippen LogP contribution in [0.1, 0.15) is 24.1 Å². The molecule has 6 heteroatoms. The summed E-state index contributed by atoms with van der Waals surface area (Å²) in [6.07, 6.45) is 0.984. The molecule has 0 amide bonds. The average molecular weight is 314 g/mol. The summed E-state index contributed by atoms with van der Waals surface area (Å²) in [5, 5.41) is 8.40. The van der Waals surface area contributed by atoms with E-state index in [9.17, 15) is 0 Å². The zero-order valence-electron chi connectivity index (χ0n) is 13.2. The number of nitrogens with zero attached hydrogens (tertiary/aromatic N) is 4. The molecule has 1 unspecified atom stereocenters. The summed E-state index contributed by atoms with van der Waals surface area (Å²) in [6.45, 7) is 6.33. The van der Waals surface area contributed by atoms with Crippen LogP contribution in [0.5, 0.6) is 0 Å². The van der Waals surface area contributed by atoms with Gasteiger partial charge < -0.3 is 14.1 Å². The van der Waals surface area contributed by atoms with Crippen molar-refractivity contribution in [2.75, 3.05) is 44.3 Å². The number of ether oxygens (including phenoxy) is 1. The van der Waals surface area contributed by atoms with Crippen LogP contribution in [0.15, 0.2) is 34.7 Å². The number of anilines is 1. The summed E-state index contributed by atoms with van der Waals surface area (Å²) in [4.78, 5) is 4.80. The standard InChI is InChI=1S/C17H22N4O2/c1-2-4-15(5-3-1)21-9-7-20(8-10-21)12-16-18-19-17(23-16)14-6-11-22-13-14/h1-5,14H,6-13H2. The highest BCUT2D eigenvalue weighted by Crippen LogP contribution is 2.24. The fraction of sp³-hybridized carbons (Fsp3) is 0.529. The molecule has 122 valence electrons. The van der Waals surface area contributed by atoms with Gasteiger partial charge in [-0.3, -0.25) is 4.90 Å². The predicted molar refractivity (Wildman–Crippen MR) is 86.4 cm³/mol. The first-order chi connectivity index (χ1) is 11.4. The highest BCUT2D eigenvalue weighted by Gasteiger charge is 2.24. The Bertz CT molecular complexity index is 617.